The van der Waals surface area contributed by atoms with E-state index in [2.05, 4.69) is 0 Å². The molecule has 0 saturated carbocycles. The van der Waals surface area contributed by atoms with Crippen LogP contribution in [0.5, 0.6) is 0 Å². The van der Waals surface area contributed by atoms with Crippen molar-refractivity contribution >= 4 is 12.4 Å². The Hall–Kier alpha value is -0.0100. The SMILES string of the molecule is CC(C)=CC(C)N.Cl. The second-order valence-corrected chi connectivity index (χ2v) is 2.10. The highest BCUT2D eigenvalue weighted by molar-refractivity contribution is 5.85. The van der Waals surface area contributed by atoms with E-state index in [-0.39, 0.29) is 18.4 Å². The molecule has 8 heavy (non-hydrogen) atoms. The van der Waals surface area contributed by atoms with Gasteiger partial charge in [-0.3, -0.25) is 0 Å². The van der Waals surface area contributed by atoms with Crippen LogP contribution in [0.4, 0.5) is 0 Å². The molecule has 1 nitrogen and oxygen atoms in total. The normalized spacial score (nSPS) is 11.5. The Morgan fingerprint density at radius 2 is 1.88 bits per heavy atom. The fourth-order valence-electron chi connectivity index (χ4n) is 0.526. The molecule has 0 aliphatic carbocycles. The van der Waals surface area contributed by atoms with Gasteiger partial charge in [0.05, 0.1) is 0 Å². The number of nitrogens with two attached hydrogens (primary N) is 1. The van der Waals surface area contributed by atoms with E-state index in [1.165, 1.54) is 5.57 Å². The first kappa shape index (κ1) is 10.9. The van der Waals surface area contributed by atoms with Crippen molar-refractivity contribution in [3.05, 3.63) is 11.6 Å². The largest absolute Gasteiger partial charge is 0.325 e. The minimum absolute atomic E-state index is 0. The molecule has 0 aromatic rings. The van der Waals surface area contributed by atoms with Gasteiger partial charge in [0.1, 0.15) is 0 Å². The summed E-state index contributed by atoms with van der Waals surface area (Å²) in [6.45, 7) is 6.06. The minimum Gasteiger partial charge on any atom is -0.325 e. The van der Waals surface area contributed by atoms with E-state index in [1.807, 2.05) is 26.8 Å². The fourth-order valence-corrected chi connectivity index (χ4v) is 0.526. The highest BCUT2D eigenvalue weighted by Crippen LogP contribution is 1.88. The Morgan fingerprint density at radius 1 is 1.50 bits per heavy atom. The third-order valence-corrected chi connectivity index (χ3v) is 0.596. The van der Waals surface area contributed by atoms with Gasteiger partial charge < -0.3 is 5.73 Å². The average Bonchev–Trinajstić information content (AvgIpc) is 1.27. The van der Waals surface area contributed by atoms with Gasteiger partial charge in [0.25, 0.3) is 0 Å². The molecule has 0 radical (unpaired) electrons. The Bertz CT molecular complexity index is 72.6. The molecular formula is C6H14ClN. The smallest absolute Gasteiger partial charge is 0.0197 e. The molecule has 2 heteroatoms. The van der Waals surface area contributed by atoms with Crippen molar-refractivity contribution in [1.29, 1.82) is 0 Å². The maximum absolute atomic E-state index is 5.42. The standard InChI is InChI=1S/C6H13N.ClH/c1-5(2)4-6(3)7;/h4,6H,7H2,1-3H3;1H. The molecule has 0 bridgehead atoms. The summed E-state index contributed by atoms with van der Waals surface area (Å²) in [5.74, 6) is 0. The van der Waals surface area contributed by atoms with Gasteiger partial charge in [0.15, 0.2) is 0 Å². The quantitative estimate of drug-likeness (QED) is 0.545. The summed E-state index contributed by atoms with van der Waals surface area (Å²) in [5.41, 5.74) is 6.70. The zero-order valence-corrected chi connectivity index (χ0v) is 6.46. The zero-order chi connectivity index (χ0) is 5.86. The minimum atomic E-state index is 0. The van der Waals surface area contributed by atoms with E-state index in [0.717, 1.165) is 0 Å². The van der Waals surface area contributed by atoms with Crippen LogP contribution in [0.2, 0.25) is 0 Å². The van der Waals surface area contributed by atoms with Gasteiger partial charge in [-0.25, -0.2) is 0 Å². The Kier molecular flexibility index (Phi) is 6.98. The van der Waals surface area contributed by atoms with Crippen molar-refractivity contribution < 1.29 is 0 Å². The second-order valence-electron chi connectivity index (χ2n) is 2.10. The topological polar surface area (TPSA) is 26.0 Å². The summed E-state index contributed by atoms with van der Waals surface area (Å²) in [4.78, 5) is 0. The van der Waals surface area contributed by atoms with Crippen LogP contribution in [-0.2, 0) is 0 Å². The van der Waals surface area contributed by atoms with Gasteiger partial charge in [-0.2, -0.15) is 0 Å². The van der Waals surface area contributed by atoms with Crippen molar-refractivity contribution in [2.24, 2.45) is 5.73 Å². The van der Waals surface area contributed by atoms with Crippen LogP contribution in [0.3, 0.4) is 0 Å². The van der Waals surface area contributed by atoms with Crippen molar-refractivity contribution in [3.8, 4) is 0 Å². The fraction of sp³-hybridized carbons (Fsp3) is 0.667. The molecular weight excluding hydrogens is 122 g/mol. The van der Waals surface area contributed by atoms with Gasteiger partial charge in [0, 0.05) is 6.04 Å². The first-order chi connectivity index (χ1) is 3.13. The van der Waals surface area contributed by atoms with E-state index in [1.54, 1.807) is 0 Å². The van der Waals surface area contributed by atoms with Crippen LogP contribution in [0.1, 0.15) is 20.8 Å². The number of allylic oxidation sites excluding steroid dienone is 1. The summed E-state index contributed by atoms with van der Waals surface area (Å²) in [5, 5.41) is 0. The molecule has 0 aliphatic rings. The number of rotatable bonds is 1. The predicted molar refractivity (Wildman–Crippen MR) is 40.3 cm³/mol. The Balaban J connectivity index is 0. The Labute approximate surface area is 57.4 Å². The van der Waals surface area contributed by atoms with Crippen molar-refractivity contribution in [2.45, 2.75) is 26.8 Å². The summed E-state index contributed by atoms with van der Waals surface area (Å²) in [6, 6.07) is 0.213. The van der Waals surface area contributed by atoms with Crippen LogP contribution in [0, 0.1) is 0 Å². The highest BCUT2D eigenvalue weighted by Gasteiger charge is 1.82. The maximum atomic E-state index is 5.42. The van der Waals surface area contributed by atoms with Crippen molar-refractivity contribution in [1.82, 2.24) is 0 Å². The monoisotopic (exact) mass is 135 g/mol. The van der Waals surface area contributed by atoms with E-state index in [9.17, 15) is 0 Å². The van der Waals surface area contributed by atoms with Gasteiger partial charge in [-0.1, -0.05) is 11.6 Å². The van der Waals surface area contributed by atoms with Gasteiger partial charge in [-0.15, -0.1) is 12.4 Å². The molecule has 1 unspecified atom stereocenters. The number of hydrogen-bond acceptors (Lipinski definition) is 1. The Morgan fingerprint density at radius 3 is 1.88 bits per heavy atom. The van der Waals surface area contributed by atoms with E-state index < -0.39 is 0 Å². The van der Waals surface area contributed by atoms with Crippen molar-refractivity contribution in [3.63, 3.8) is 0 Å². The molecule has 0 aromatic heterocycles. The third-order valence-electron chi connectivity index (χ3n) is 0.596. The second kappa shape index (κ2) is 5.13. The average molecular weight is 136 g/mol. The van der Waals surface area contributed by atoms with Crippen molar-refractivity contribution in [2.75, 3.05) is 0 Å². The van der Waals surface area contributed by atoms with Crippen LogP contribution in [0.15, 0.2) is 11.6 Å². The predicted octanol–water partition coefficient (Wildman–Crippen LogP) is 1.72. The summed E-state index contributed by atoms with van der Waals surface area (Å²) in [6.07, 6.45) is 2.03. The number of hydrogen-bond donors (Lipinski definition) is 1. The lowest BCUT2D eigenvalue weighted by Crippen LogP contribution is -2.10. The summed E-state index contributed by atoms with van der Waals surface area (Å²) in [7, 11) is 0. The molecule has 0 fully saturated rings. The maximum Gasteiger partial charge on any atom is 0.0197 e. The van der Waals surface area contributed by atoms with E-state index in [4.69, 9.17) is 5.73 Å². The molecule has 1 atom stereocenters. The molecule has 0 saturated heterocycles. The van der Waals surface area contributed by atoms with Crippen LogP contribution in [0.25, 0.3) is 0 Å². The molecule has 0 aromatic carbocycles. The molecule has 0 aliphatic heterocycles. The molecule has 0 heterocycles. The third kappa shape index (κ3) is 9.37. The molecule has 2 N–H and O–H groups in total. The molecule has 0 spiro atoms. The molecule has 0 amide bonds. The lowest BCUT2D eigenvalue weighted by Gasteiger charge is -1.93. The first-order valence-corrected chi connectivity index (χ1v) is 2.53. The highest BCUT2D eigenvalue weighted by atomic mass is 35.5. The van der Waals surface area contributed by atoms with Crippen LogP contribution in [-0.4, -0.2) is 6.04 Å². The van der Waals surface area contributed by atoms with Gasteiger partial charge in [0.2, 0.25) is 0 Å². The number of halogens is 1. The molecule has 0 rings (SSSR count). The summed E-state index contributed by atoms with van der Waals surface area (Å²) >= 11 is 0. The van der Waals surface area contributed by atoms with E-state index >= 15 is 0 Å². The van der Waals surface area contributed by atoms with Crippen LogP contribution < -0.4 is 5.73 Å². The zero-order valence-electron chi connectivity index (χ0n) is 5.64. The van der Waals surface area contributed by atoms with Crippen LogP contribution >= 0.6 is 12.4 Å². The lowest BCUT2D eigenvalue weighted by atomic mass is 10.2. The lowest BCUT2D eigenvalue weighted by molar-refractivity contribution is 0.914. The van der Waals surface area contributed by atoms with E-state index in [0.29, 0.717) is 0 Å². The van der Waals surface area contributed by atoms with Gasteiger partial charge in [-0.05, 0) is 20.8 Å². The summed E-state index contributed by atoms with van der Waals surface area (Å²) < 4.78 is 0. The molecule has 50 valence electrons. The van der Waals surface area contributed by atoms with Gasteiger partial charge >= 0.3 is 0 Å². The first-order valence-electron chi connectivity index (χ1n) is 2.53.